The number of guanidine groups is 2. The average molecular weight is 795 g/mol. The first-order valence-corrected chi connectivity index (χ1v) is 17.9. The molecule has 0 aliphatic rings. The highest BCUT2D eigenvalue weighted by atomic mass is 19.1. The largest absolute Gasteiger partial charge is 0.486 e. The highest BCUT2D eigenvalue weighted by Gasteiger charge is 2.33. The van der Waals surface area contributed by atoms with Crippen molar-refractivity contribution < 1.29 is 42.5 Å². The molecular formula is C38H51FN10O8. The number of methoxy groups -OCH3 is 1. The normalized spacial score (nSPS) is 12.0. The Morgan fingerprint density at radius 1 is 0.754 bits per heavy atom. The van der Waals surface area contributed by atoms with Gasteiger partial charge in [-0.05, 0) is 95.3 Å². The summed E-state index contributed by atoms with van der Waals surface area (Å²) >= 11 is 0. The zero-order valence-electron chi connectivity index (χ0n) is 32.7. The molecule has 0 saturated carbocycles. The Kier molecular flexibility index (Phi) is 19.4. The van der Waals surface area contributed by atoms with E-state index in [1.807, 2.05) is 0 Å². The highest BCUT2D eigenvalue weighted by Crippen LogP contribution is 2.19. The Bertz CT molecular complexity index is 1780. The molecular weight excluding hydrogens is 743 g/mol. The highest BCUT2D eigenvalue weighted by molar-refractivity contribution is 5.93. The summed E-state index contributed by atoms with van der Waals surface area (Å²) in [5.41, 5.74) is -2.03. The molecule has 0 radical (unpaired) electrons. The molecule has 308 valence electrons. The number of nitriles is 2. The van der Waals surface area contributed by atoms with Crippen LogP contribution in [0.15, 0.2) is 48.5 Å². The number of benzene rings is 2. The zero-order chi connectivity index (χ0) is 42.4. The lowest BCUT2D eigenvalue weighted by atomic mass is 10.0. The number of Topliss-reactive ketones (excluding diaryl/α,β-unsaturated/α-hetero) is 2. The van der Waals surface area contributed by atoms with E-state index in [9.17, 15) is 23.6 Å². The van der Waals surface area contributed by atoms with E-state index in [1.165, 1.54) is 45.2 Å². The first-order valence-electron chi connectivity index (χ1n) is 17.9. The third-order valence-electron chi connectivity index (χ3n) is 8.37. The van der Waals surface area contributed by atoms with Crippen molar-refractivity contribution in [3.8, 4) is 23.9 Å². The van der Waals surface area contributed by atoms with Gasteiger partial charge in [0.15, 0.2) is 24.0 Å². The Balaban J connectivity index is 2.04. The molecule has 2 aromatic rings. The molecule has 8 N–H and O–H groups in total. The van der Waals surface area contributed by atoms with Crippen molar-refractivity contribution in [1.29, 1.82) is 21.3 Å². The molecule has 0 aliphatic heterocycles. The molecule has 0 heterocycles. The van der Waals surface area contributed by atoms with Crippen molar-refractivity contribution in [1.82, 2.24) is 31.9 Å². The number of halogens is 1. The van der Waals surface area contributed by atoms with E-state index in [0.29, 0.717) is 24.2 Å². The molecule has 0 unspecified atom stereocenters. The summed E-state index contributed by atoms with van der Waals surface area (Å²) in [7, 11) is 1.38. The number of hydrogen-bond donors (Lipinski definition) is 8. The van der Waals surface area contributed by atoms with Gasteiger partial charge in [0.05, 0.1) is 18.7 Å². The standard InChI is InChI=1S/C38H51FN10O8/c1-37(2,54-5)33(52)48-29(11-7-17-44-35(42)46-23-40)32(51)22-56-28-10-6-9-25(19-28)20-57-38(3,4)34(53)49-30(12-8-18-45-36(43)47-24-41)31(50)21-55-27-15-13-26(39)14-16-27/h6,9-10,13-16,19,29-30H,7-8,11-12,17-18,20-22H2,1-5H3,(H,48,52)(H,49,53)(H3,42,44,46)(H3,43,45,47)/t29-,30-/m0/s1. The number of carbonyl (C=O) groups excluding carboxylic acids is 4. The fraction of sp³-hybridized carbons (Fsp3) is 0.474. The van der Waals surface area contributed by atoms with Gasteiger partial charge in [-0.25, -0.2) is 4.39 Å². The molecule has 0 spiro atoms. The molecule has 0 fully saturated rings. The molecule has 0 saturated heterocycles. The second-order valence-corrected chi connectivity index (χ2v) is 13.5. The summed E-state index contributed by atoms with van der Waals surface area (Å²) < 4.78 is 35.8. The number of rotatable bonds is 24. The van der Waals surface area contributed by atoms with E-state index in [1.54, 1.807) is 50.5 Å². The van der Waals surface area contributed by atoms with Crippen LogP contribution in [-0.2, 0) is 35.3 Å². The van der Waals surface area contributed by atoms with Gasteiger partial charge in [0.1, 0.15) is 41.7 Å². The van der Waals surface area contributed by atoms with Crippen LogP contribution in [0, 0.1) is 39.5 Å². The second-order valence-electron chi connectivity index (χ2n) is 13.5. The van der Waals surface area contributed by atoms with E-state index < -0.39 is 59.1 Å². The topological polar surface area (TPSA) is 273 Å². The fourth-order valence-electron chi connectivity index (χ4n) is 4.72. The number of hydrogen-bond acceptors (Lipinski definition) is 12. The molecule has 19 heteroatoms. The van der Waals surface area contributed by atoms with Gasteiger partial charge in [-0.2, -0.15) is 10.5 Å². The van der Waals surface area contributed by atoms with Crippen molar-refractivity contribution in [3.05, 3.63) is 59.9 Å². The Labute approximate surface area is 331 Å². The Morgan fingerprint density at radius 3 is 1.74 bits per heavy atom. The van der Waals surface area contributed by atoms with Gasteiger partial charge in [-0.1, -0.05) is 12.1 Å². The summed E-state index contributed by atoms with van der Waals surface area (Å²) in [6.45, 7) is 5.83. The van der Waals surface area contributed by atoms with Gasteiger partial charge in [0, 0.05) is 20.2 Å². The van der Waals surface area contributed by atoms with Gasteiger partial charge >= 0.3 is 0 Å². The van der Waals surface area contributed by atoms with Gasteiger partial charge < -0.3 is 40.2 Å². The molecule has 18 nitrogen and oxygen atoms in total. The maximum absolute atomic E-state index is 13.5. The summed E-state index contributed by atoms with van der Waals surface area (Å²) in [6.07, 6.45) is 4.34. The van der Waals surface area contributed by atoms with E-state index in [-0.39, 0.29) is 56.8 Å². The lowest BCUT2D eigenvalue weighted by Crippen LogP contribution is -2.51. The maximum atomic E-state index is 13.5. The van der Waals surface area contributed by atoms with Crippen molar-refractivity contribution in [2.45, 2.75) is 83.3 Å². The minimum Gasteiger partial charge on any atom is -0.486 e. The van der Waals surface area contributed by atoms with Crippen LogP contribution in [0.5, 0.6) is 11.5 Å². The fourth-order valence-corrected chi connectivity index (χ4v) is 4.72. The second kappa shape index (κ2) is 23.6. The molecule has 57 heavy (non-hydrogen) atoms. The maximum Gasteiger partial charge on any atom is 0.252 e. The van der Waals surface area contributed by atoms with Gasteiger partial charge in [0.25, 0.3) is 11.8 Å². The molecule has 0 aromatic heterocycles. The summed E-state index contributed by atoms with van der Waals surface area (Å²) in [6, 6.07) is 9.85. The van der Waals surface area contributed by atoms with Crippen molar-refractivity contribution in [3.63, 3.8) is 0 Å². The third kappa shape index (κ3) is 17.4. The molecule has 2 atom stereocenters. The first-order chi connectivity index (χ1) is 27.0. The SMILES string of the molecule is COC(C)(C)C(=O)N[C@@H](CCCNC(=N)NC#N)C(=O)COc1cccc(COC(C)(C)C(=O)N[C@@H](CCCNC(=N)NC#N)C(=O)COc2ccc(F)cc2)c1. The van der Waals surface area contributed by atoms with Crippen molar-refractivity contribution in [2.75, 3.05) is 33.4 Å². The van der Waals surface area contributed by atoms with Crippen LogP contribution in [0.2, 0.25) is 0 Å². The van der Waals surface area contributed by atoms with Gasteiger partial charge in [-0.3, -0.25) is 40.6 Å². The summed E-state index contributed by atoms with van der Waals surface area (Å²) in [4.78, 5) is 52.8. The minimum atomic E-state index is -1.43. The lowest BCUT2D eigenvalue weighted by molar-refractivity contribution is -0.146. The van der Waals surface area contributed by atoms with Crippen molar-refractivity contribution >= 4 is 35.3 Å². The van der Waals surface area contributed by atoms with Gasteiger partial charge in [0.2, 0.25) is 11.9 Å². The van der Waals surface area contributed by atoms with Crippen LogP contribution in [0.4, 0.5) is 4.39 Å². The van der Waals surface area contributed by atoms with Crippen LogP contribution < -0.4 is 41.4 Å². The molecule has 2 aromatic carbocycles. The summed E-state index contributed by atoms with van der Waals surface area (Å²) in [5, 5.41) is 47.6. The molecule has 2 rings (SSSR count). The average Bonchev–Trinajstić information content (AvgIpc) is 3.18. The van der Waals surface area contributed by atoms with E-state index in [0.717, 1.165) is 0 Å². The molecule has 0 bridgehead atoms. The van der Waals surface area contributed by atoms with Crippen LogP contribution >= 0.6 is 0 Å². The number of nitrogens with one attached hydrogen (secondary N) is 8. The first kappa shape index (κ1) is 46.8. The number of amides is 2. The number of ketones is 2. The number of carbonyl (C=O) groups is 4. The van der Waals surface area contributed by atoms with Crippen molar-refractivity contribution in [2.24, 2.45) is 0 Å². The Morgan fingerprint density at radius 2 is 1.25 bits per heavy atom. The minimum absolute atomic E-state index is 0.0524. The van der Waals surface area contributed by atoms with Gasteiger partial charge in [-0.15, -0.1) is 0 Å². The van der Waals surface area contributed by atoms with E-state index in [2.05, 4.69) is 31.9 Å². The monoisotopic (exact) mass is 794 g/mol. The number of nitrogens with zero attached hydrogens (tertiary/aromatic N) is 2. The van der Waals surface area contributed by atoms with Crippen LogP contribution in [-0.4, -0.2) is 92.0 Å². The summed E-state index contributed by atoms with van der Waals surface area (Å²) in [5.74, 6) is -2.25. The number of ether oxygens (including phenoxy) is 4. The quantitative estimate of drug-likeness (QED) is 0.0248. The van der Waals surface area contributed by atoms with Crippen LogP contribution in [0.3, 0.4) is 0 Å². The predicted octanol–water partition coefficient (Wildman–Crippen LogP) is 1.86. The molecule has 0 aliphatic carbocycles. The van der Waals surface area contributed by atoms with Crippen LogP contribution in [0.25, 0.3) is 0 Å². The lowest BCUT2D eigenvalue weighted by Gasteiger charge is -2.27. The Hall–Kier alpha value is -6.31. The zero-order valence-corrected chi connectivity index (χ0v) is 32.7. The smallest absolute Gasteiger partial charge is 0.252 e. The molecule has 2 amide bonds. The third-order valence-corrected chi connectivity index (χ3v) is 8.37. The van der Waals surface area contributed by atoms with E-state index in [4.69, 9.17) is 40.3 Å². The predicted molar refractivity (Wildman–Crippen MR) is 205 cm³/mol. The van der Waals surface area contributed by atoms with E-state index >= 15 is 0 Å². The van der Waals surface area contributed by atoms with Crippen LogP contribution in [0.1, 0.15) is 58.9 Å².